The molecule has 0 saturated carbocycles. The van der Waals surface area contributed by atoms with Crippen molar-refractivity contribution in [1.29, 1.82) is 0 Å². The Bertz CT molecular complexity index is 500. The quantitative estimate of drug-likeness (QED) is 0.920. The monoisotopic (exact) mass is 285 g/mol. The second-order valence-corrected chi connectivity index (χ2v) is 5.74. The molecule has 0 aliphatic carbocycles. The number of carbonyl (C=O) groups is 1. The Morgan fingerprint density at radius 1 is 1.58 bits per heavy atom. The van der Waals surface area contributed by atoms with Gasteiger partial charge >= 0.3 is 5.97 Å². The van der Waals surface area contributed by atoms with E-state index in [-0.39, 0.29) is 0 Å². The molecule has 0 bridgehead atoms. The number of aryl methyl sites for hydroxylation is 2. The van der Waals surface area contributed by atoms with E-state index in [2.05, 4.69) is 10.00 Å². The first-order chi connectivity index (χ1) is 8.89. The summed E-state index contributed by atoms with van der Waals surface area (Å²) in [6.45, 7) is 5.93. The van der Waals surface area contributed by atoms with Gasteiger partial charge in [0.1, 0.15) is 5.15 Å². The first-order valence-corrected chi connectivity index (χ1v) is 6.91. The lowest BCUT2D eigenvalue weighted by molar-refractivity contribution is -0.148. The average molecular weight is 286 g/mol. The third-order valence-electron chi connectivity index (χ3n) is 4.21. The summed E-state index contributed by atoms with van der Waals surface area (Å²) in [5, 5.41) is 14.3. The minimum absolute atomic E-state index is 0.587. The number of hydrogen-bond donors (Lipinski definition) is 1. The van der Waals surface area contributed by atoms with Gasteiger partial charge in [-0.05, 0) is 26.3 Å². The van der Waals surface area contributed by atoms with Crippen LogP contribution in [0.4, 0.5) is 0 Å². The van der Waals surface area contributed by atoms with Crippen LogP contribution in [0.5, 0.6) is 0 Å². The Labute approximate surface area is 118 Å². The number of carboxylic acids is 1. The molecule has 1 aromatic rings. The molecule has 2 rings (SSSR count). The summed E-state index contributed by atoms with van der Waals surface area (Å²) < 4.78 is 1.66. The highest BCUT2D eigenvalue weighted by molar-refractivity contribution is 6.30. The van der Waals surface area contributed by atoms with E-state index < -0.39 is 11.4 Å². The molecule has 1 unspecified atom stereocenters. The smallest absolute Gasteiger partial charge is 0.310 e. The largest absolute Gasteiger partial charge is 0.481 e. The zero-order valence-electron chi connectivity index (χ0n) is 11.6. The topological polar surface area (TPSA) is 58.4 Å². The summed E-state index contributed by atoms with van der Waals surface area (Å²) in [4.78, 5) is 13.6. The van der Waals surface area contributed by atoms with Gasteiger partial charge in [0, 0.05) is 25.7 Å². The lowest BCUT2D eigenvalue weighted by Gasteiger charge is -2.23. The Morgan fingerprint density at radius 2 is 2.26 bits per heavy atom. The molecule has 0 aromatic carbocycles. The van der Waals surface area contributed by atoms with E-state index in [1.165, 1.54) is 0 Å². The highest BCUT2D eigenvalue weighted by Crippen LogP contribution is 2.35. The zero-order chi connectivity index (χ0) is 14.2. The van der Waals surface area contributed by atoms with E-state index >= 15 is 0 Å². The maximum absolute atomic E-state index is 11.4. The fourth-order valence-electron chi connectivity index (χ4n) is 2.78. The summed E-state index contributed by atoms with van der Waals surface area (Å²) in [5.41, 5.74) is 1.32. The third kappa shape index (κ3) is 2.49. The summed E-state index contributed by atoms with van der Waals surface area (Å²) in [7, 11) is 1.82. The second-order valence-electron chi connectivity index (χ2n) is 5.38. The van der Waals surface area contributed by atoms with Gasteiger partial charge in [0.25, 0.3) is 0 Å². The summed E-state index contributed by atoms with van der Waals surface area (Å²) >= 11 is 6.22. The molecule has 2 heterocycles. The molecule has 1 aliphatic rings. The molecule has 1 N–H and O–H groups in total. The normalized spacial score (nSPS) is 24.0. The molecule has 19 heavy (non-hydrogen) atoms. The third-order valence-corrected chi connectivity index (χ3v) is 4.69. The first kappa shape index (κ1) is 14.3. The molecule has 0 amide bonds. The Kier molecular flexibility index (Phi) is 3.87. The number of carboxylic acid groups (broad SMARTS) is 1. The minimum atomic E-state index is -0.688. The van der Waals surface area contributed by atoms with Crippen molar-refractivity contribution in [3.8, 4) is 0 Å². The fourth-order valence-corrected chi connectivity index (χ4v) is 3.02. The SMILES string of the molecule is CCC1(C(=O)O)CCN(Cc2c(C)nn(C)c2Cl)C1. The van der Waals surface area contributed by atoms with Gasteiger partial charge in [0.05, 0.1) is 11.1 Å². The maximum Gasteiger partial charge on any atom is 0.310 e. The number of rotatable bonds is 4. The van der Waals surface area contributed by atoms with Gasteiger partial charge in [-0.15, -0.1) is 0 Å². The number of nitrogens with zero attached hydrogens (tertiary/aromatic N) is 3. The number of likely N-dealkylation sites (tertiary alicyclic amines) is 1. The van der Waals surface area contributed by atoms with Crippen molar-refractivity contribution in [1.82, 2.24) is 14.7 Å². The summed E-state index contributed by atoms with van der Waals surface area (Å²) in [5.74, 6) is -0.688. The van der Waals surface area contributed by atoms with Gasteiger partial charge in [0.2, 0.25) is 0 Å². The number of halogens is 1. The van der Waals surface area contributed by atoms with E-state index in [1.54, 1.807) is 4.68 Å². The molecule has 0 radical (unpaired) electrons. The maximum atomic E-state index is 11.4. The van der Waals surface area contributed by atoms with Gasteiger partial charge in [-0.2, -0.15) is 5.10 Å². The Hall–Kier alpha value is -1.07. The summed E-state index contributed by atoms with van der Waals surface area (Å²) in [6.07, 6.45) is 1.37. The van der Waals surface area contributed by atoms with Crippen molar-refractivity contribution in [3.63, 3.8) is 0 Å². The zero-order valence-corrected chi connectivity index (χ0v) is 12.4. The van der Waals surface area contributed by atoms with Gasteiger partial charge in [-0.3, -0.25) is 14.4 Å². The number of hydrogen-bond acceptors (Lipinski definition) is 3. The molecule has 1 aliphatic heterocycles. The first-order valence-electron chi connectivity index (χ1n) is 6.53. The van der Waals surface area contributed by atoms with E-state index in [4.69, 9.17) is 11.6 Å². The van der Waals surface area contributed by atoms with Gasteiger partial charge in [-0.1, -0.05) is 18.5 Å². The highest BCUT2D eigenvalue weighted by Gasteiger charge is 2.43. The highest BCUT2D eigenvalue weighted by atomic mass is 35.5. The van der Waals surface area contributed by atoms with E-state index in [9.17, 15) is 9.90 Å². The van der Waals surface area contributed by atoms with E-state index in [0.29, 0.717) is 31.1 Å². The van der Waals surface area contributed by atoms with Crippen LogP contribution in [-0.4, -0.2) is 38.8 Å². The molecule has 1 aromatic heterocycles. The lowest BCUT2D eigenvalue weighted by Crippen LogP contribution is -2.34. The fraction of sp³-hybridized carbons (Fsp3) is 0.692. The molecule has 1 atom stereocenters. The lowest BCUT2D eigenvalue weighted by atomic mass is 9.84. The predicted molar refractivity (Wildman–Crippen MR) is 73.2 cm³/mol. The van der Waals surface area contributed by atoms with E-state index in [1.807, 2.05) is 20.9 Å². The minimum Gasteiger partial charge on any atom is -0.481 e. The molecular formula is C13H20ClN3O2. The van der Waals surface area contributed by atoms with Crippen LogP contribution in [0.25, 0.3) is 0 Å². The van der Waals surface area contributed by atoms with E-state index in [0.717, 1.165) is 17.8 Å². The van der Waals surface area contributed by atoms with Crippen molar-refractivity contribution >= 4 is 17.6 Å². The van der Waals surface area contributed by atoms with Gasteiger partial charge in [-0.25, -0.2) is 0 Å². The molecule has 6 heteroatoms. The van der Waals surface area contributed by atoms with Crippen molar-refractivity contribution in [2.75, 3.05) is 13.1 Å². The van der Waals surface area contributed by atoms with Crippen LogP contribution in [0.15, 0.2) is 0 Å². The average Bonchev–Trinajstić information content (AvgIpc) is 2.88. The molecular weight excluding hydrogens is 266 g/mol. The van der Waals surface area contributed by atoms with Crippen molar-refractivity contribution in [3.05, 3.63) is 16.4 Å². The van der Waals surface area contributed by atoms with Crippen LogP contribution in [0.2, 0.25) is 5.15 Å². The number of aromatic nitrogens is 2. The van der Waals surface area contributed by atoms with Crippen LogP contribution in [0.3, 0.4) is 0 Å². The van der Waals surface area contributed by atoms with Crippen molar-refractivity contribution in [2.45, 2.75) is 33.2 Å². The van der Waals surface area contributed by atoms with Crippen LogP contribution >= 0.6 is 11.6 Å². The van der Waals surface area contributed by atoms with Crippen molar-refractivity contribution in [2.24, 2.45) is 12.5 Å². The second kappa shape index (κ2) is 5.13. The summed E-state index contributed by atoms with van der Waals surface area (Å²) in [6, 6.07) is 0. The molecule has 0 spiro atoms. The molecule has 106 valence electrons. The van der Waals surface area contributed by atoms with Gasteiger partial charge < -0.3 is 5.11 Å². The van der Waals surface area contributed by atoms with Gasteiger partial charge in [0.15, 0.2) is 0 Å². The van der Waals surface area contributed by atoms with Crippen LogP contribution in [0, 0.1) is 12.3 Å². The van der Waals surface area contributed by atoms with Crippen LogP contribution < -0.4 is 0 Å². The van der Waals surface area contributed by atoms with Crippen LogP contribution in [0.1, 0.15) is 31.0 Å². The molecule has 1 fully saturated rings. The standard InChI is InChI=1S/C13H20ClN3O2/c1-4-13(12(18)19)5-6-17(8-13)7-10-9(2)15-16(3)11(10)14/h4-8H2,1-3H3,(H,18,19). The molecule has 1 saturated heterocycles. The Balaban J connectivity index is 2.12. The number of aliphatic carboxylic acids is 1. The predicted octanol–water partition coefficient (Wildman–Crippen LogP) is 2.07. The Morgan fingerprint density at radius 3 is 2.68 bits per heavy atom. The van der Waals surface area contributed by atoms with Crippen LogP contribution in [-0.2, 0) is 18.4 Å². The molecule has 5 nitrogen and oxygen atoms in total. The van der Waals surface area contributed by atoms with Crippen molar-refractivity contribution < 1.29 is 9.90 Å².